The Hall–Kier alpha value is -2.82. The minimum absolute atomic E-state index is 0.149. The number of hydrogen-bond donors (Lipinski definition) is 1. The van der Waals surface area contributed by atoms with Gasteiger partial charge in [0, 0.05) is 57.5 Å². The van der Waals surface area contributed by atoms with E-state index in [0.29, 0.717) is 58.2 Å². The van der Waals surface area contributed by atoms with Crippen LogP contribution in [0.4, 0.5) is 5.82 Å². The monoisotopic (exact) mass is 555 g/mol. The van der Waals surface area contributed by atoms with Crippen molar-refractivity contribution < 1.29 is 13.2 Å². The van der Waals surface area contributed by atoms with Crippen LogP contribution in [-0.4, -0.2) is 105 Å². The van der Waals surface area contributed by atoms with E-state index in [-0.39, 0.29) is 6.04 Å². The van der Waals surface area contributed by atoms with E-state index in [4.69, 9.17) is 14.7 Å². The molecule has 1 atom stereocenters. The van der Waals surface area contributed by atoms with Crippen LogP contribution in [0, 0.1) is 11.8 Å². The van der Waals surface area contributed by atoms with Crippen molar-refractivity contribution in [2.45, 2.75) is 19.4 Å². The molecule has 10 nitrogen and oxygen atoms in total. The minimum atomic E-state index is -3.13. The fraction of sp³-hybridized carbons (Fsp3) is 0.500. The van der Waals surface area contributed by atoms with E-state index < -0.39 is 10.0 Å². The quantitative estimate of drug-likeness (QED) is 0.570. The highest BCUT2D eigenvalue weighted by atomic mass is 32.2. The predicted molar refractivity (Wildman–Crippen MR) is 153 cm³/mol. The Morgan fingerprint density at radius 2 is 1.95 bits per heavy atom. The number of aromatic nitrogens is 2. The Bertz CT molecular complexity index is 1410. The van der Waals surface area contributed by atoms with Crippen LogP contribution in [0.25, 0.3) is 15.8 Å². The van der Waals surface area contributed by atoms with Crippen molar-refractivity contribution in [1.29, 1.82) is 0 Å². The molecule has 0 aliphatic carbocycles. The van der Waals surface area contributed by atoms with Crippen LogP contribution >= 0.6 is 11.3 Å². The van der Waals surface area contributed by atoms with Crippen molar-refractivity contribution in [3.8, 4) is 11.8 Å². The first-order valence-corrected chi connectivity index (χ1v) is 15.5. The van der Waals surface area contributed by atoms with Crippen molar-refractivity contribution >= 4 is 49.2 Å². The van der Waals surface area contributed by atoms with Gasteiger partial charge in [0.1, 0.15) is 0 Å². The normalized spacial score (nSPS) is 24.7. The zero-order valence-corrected chi connectivity index (χ0v) is 23.4. The standard InChI is InChI=1S/C26H33N7O3S2/c1-20-5-3-6-21(8-9-27-30-20)25-28-23-19-22(37-24(23)26(29-25)32-15-17-36-18-16-32)7-4-10-31-11-13-33(14-12-31)38(2,34)35/h3,5-6,9,19-20,30H,8,10-18H2,1-2H3/b5-3-,21-6+,27-9-. The summed E-state index contributed by atoms with van der Waals surface area (Å²) in [5.74, 6) is 8.22. The number of hydrazone groups is 1. The maximum atomic E-state index is 11.7. The smallest absolute Gasteiger partial charge is 0.211 e. The maximum absolute atomic E-state index is 11.7. The lowest BCUT2D eigenvalue weighted by Crippen LogP contribution is -2.48. The van der Waals surface area contributed by atoms with Crippen molar-refractivity contribution in [2.75, 3.05) is 70.2 Å². The predicted octanol–water partition coefficient (Wildman–Crippen LogP) is 1.76. The number of morpholine rings is 1. The van der Waals surface area contributed by atoms with Crippen LogP contribution in [0.15, 0.2) is 29.4 Å². The summed E-state index contributed by atoms with van der Waals surface area (Å²) in [6.07, 6.45) is 9.91. The van der Waals surface area contributed by atoms with E-state index in [9.17, 15) is 8.42 Å². The highest BCUT2D eigenvalue weighted by Crippen LogP contribution is 2.33. The van der Waals surface area contributed by atoms with Gasteiger partial charge in [-0.25, -0.2) is 18.4 Å². The van der Waals surface area contributed by atoms with Crippen molar-refractivity contribution in [1.82, 2.24) is 24.6 Å². The van der Waals surface area contributed by atoms with E-state index in [2.05, 4.69) is 51.2 Å². The SMILES string of the molecule is CC1/C=C\C=C(\c2nc(N3CCOCC3)c3sc(C#CCN4CCN(S(C)(=O)=O)CC4)cc3n2)C/C=N\N1. The summed E-state index contributed by atoms with van der Waals surface area (Å²) < 4.78 is 31.6. The topological polar surface area (TPSA) is 103 Å². The van der Waals surface area contributed by atoms with Gasteiger partial charge in [-0.2, -0.15) is 9.41 Å². The molecule has 2 fully saturated rings. The first-order valence-electron chi connectivity index (χ1n) is 12.8. The van der Waals surface area contributed by atoms with Gasteiger partial charge in [-0.05, 0) is 13.0 Å². The zero-order valence-electron chi connectivity index (χ0n) is 21.8. The molecule has 0 radical (unpaired) electrons. The number of thiophene rings is 1. The Kier molecular flexibility index (Phi) is 8.40. The molecule has 3 aliphatic heterocycles. The number of sulfonamides is 1. The van der Waals surface area contributed by atoms with Gasteiger partial charge >= 0.3 is 0 Å². The van der Waals surface area contributed by atoms with Crippen LogP contribution in [-0.2, 0) is 14.8 Å². The molecule has 5 rings (SSSR count). The number of hydrogen-bond acceptors (Lipinski definition) is 10. The summed E-state index contributed by atoms with van der Waals surface area (Å²) in [6.45, 7) is 7.96. The number of ether oxygens (including phenoxy) is 1. The summed E-state index contributed by atoms with van der Waals surface area (Å²) in [7, 11) is -3.13. The third kappa shape index (κ3) is 6.59. The Balaban J connectivity index is 1.40. The van der Waals surface area contributed by atoms with Gasteiger partial charge in [-0.3, -0.25) is 4.90 Å². The summed E-state index contributed by atoms with van der Waals surface area (Å²) in [5, 5.41) is 4.31. The Morgan fingerprint density at radius 3 is 2.71 bits per heavy atom. The van der Waals surface area contributed by atoms with Gasteiger partial charge in [-0.1, -0.05) is 30.1 Å². The average molecular weight is 556 g/mol. The second kappa shape index (κ2) is 11.9. The molecule has 3 aliphatic rings. The van der Waals surface area contributed by atoms with Crippen LogP contribution in [0.3, 0.4) is 0 Å². The van der Waals surface area contributed by atoms with Crippen molar-refractivity contribution in [3.63, 3.8) is 0 Å². The third-order valence-corrected chi connectivity index (χ3v) is 8.98. The van der Waals surface area contributed by atoms with Gasteiger partial charge in [0.2, 0.25) is 10.0 Å². The van der Waals surface area contributed by atoms with Crippen molar-refractivity contribution in [2.24, 2.45) is 5.10 Å². The number of anilines is 1. The molecule has 1 N–H and O–H groups in total. The highest BCUT2D eigenvalue weighted by Gasteiger charge is 2.23. The van der Waals surface area contributed by atoms with Crippen LogP contribution in [0.2, 0.25) is 0 Å². The zero-order chi connectivity index (χ0) is 26.5. The summed E-state index contributed by atoms with van der Waals surface area (Å²) >= 11 is 1.62. The highest BCUT2D eigenvalue weighted by molar-refractivity contribution is 7.88. The molecule has 0 aromatic carbocycles. The molecule has 2 saturated heterocycles. The first kappa shape index (κ1) is 26.8. The second-order valence-corrected chi connectivity index (χ2v) is 12.6. The molecule has 2 aromatic heterocycles. The van der Waals surface area contributed by atoms with Gasteiger partial charge in [-0.15, -0.1) is 11.3 Å². The van der Waals surface area contributed by atoms with Gasteiger partial charge in [0.05, 0.1) is 47.1 Å². The van der Waals surface area contributed by atoms with E-state index in [1.54, 1.807) is 11.3 Å². The van der Waals surface area contributed by atoms with Gasteiger partial charge in [0.15, 0.2) is 11.6 Å². The number of rotatable bonds is 4. The molecule has 1 unspecified atom stereocenters. The lowest BCUT2D eigenvalue weighted by Gasteiger charge is -2.31. The molecular formula is C26H33N7O3S2. The molecule has 0 bridgehead atoms. The fourth-order valence-electron chi connectivity index (χ4n) is 4.50. The molecule has 2 aromatic rings. The lowest BCUT2D eigenvalue weighted by molar-refractivity contribution is 0.122. The number of piperazine rings is 1. The summed E-state index contributed by atoms with van der Waals surface area (Å²) in [4.78, 5) is 15.4. The molecule has 5 heterocycles. The lowest BCUT2D eigenvalue weighted by atomic mass is 10.1. The summed E-state index contributed by atoms with van der Waals surface area (Å²) in [6, 6.07) is 2.20. The van der Waals surface area contributed by atoms with E-state index in [0.717, 1.165) is 39.6 Å². The molecule has 0 amide bonds. The molecule has 12 heteroatoms. The van der Waals surface area contributed by atoms with Crippen LogP contribution in [0.1, 0.15) is 24.0 Å². The van der Waals surface area contributed by atoms with Gasteiger partial charge < -0.3 is 15.1 Å². The number of nitrogens with zero attached hydrogens (tertiary/aromatic N) is 6. The molecule has 0 saturated carbocycles. The maximum Gasteiger partial charge on any atom is 0.211 e. The van der Waals surface area contributed by atoms with E-state index >= 15 is 0 Å². The Morgan fingerprint density at radius 1 is 1.16 bits per heavy atom. The fourth-order valence-corrected chi connectivity index (χ4v) is 6.31. The molecule has 0 spiro atoms. The largest absolute Gasteiger partial charge is 0.378 e. The molecule has 202 valence electrons. The van der Waals surface area contributed by atoms with Gasteiger partial charge in [0.25, 0.3) is 0 Å². The minimum Gasteiger partial charge on any atom is -0.378 e. The van der Waals surface area contributed by atoms with E-state index in [1.165, 1.54) is 10.6 Å². The van der Waals surface area contributed by atoms with Crippen molar-refractivity contribution in [3.05, 3.63) is 35.0 Å². The third-order valence-electron chi connectivity index (χ3n) is 6.64. The van der Waals surface area contributed by atoms with E-state index in [1.807, 2.05) is 18.4 Å². The first-order chi connectivity index (χ1) is 18.4. The number of allylic oxidation sites excluding steroid dienone is 3. The Labute approximate surface area is 228 Å². The average Bonchev–Trinajstić information content (AvgIpc) is 3.36. The van der Waals surface area contributed by atoms with Crippen LogP contribution in [0.5, 0.6) is 0 Å². The van der Waals surface area contributed by atoms with Crippen LogP contribution < -0.4 is 10.3 Å². The number of nitrogens with one attached hydrogen (secondary N) is 1. The second-order valence-electron chi connectivity index (χ2n) is 9.55. The number of fused-ring (bicyclic) bond motifs is 1. The molecule has 38 heavy (non-hydrogen) atoms. The summed E-state index contributed by atoms with van der Waals surface area (Å²) in [5.41, 5.74) is 4.98. The molecular weight excluding hydrogens is 522 g/mol.